The van der Waals surface area contributed by atoms with Crippen molar-refractivity contribution in [2.45, 2.75) is 38.0 Å². The van der Waals surface area contributed by atoms with Gasteiger partial charge in [-0.1, -0.05) is 42.5 Å². The van der Waals surface area contributed by atoms with Crippen molar-refractivity contribution in [3.05, 3.63) is 54.4 Å². The van der Waals surface area contributed by atoms with Gasteiger partial charge in [0.1, 0.15) is 0 Å². The summed E-state index contributed by atoms with van der Waals surface area (Å²) in [5, 5.41) is 7.67. The third kappa shape index (κ3) is 3.46. The molecule has 1 N–H and O–H groups in total. The molecule has 3 heteroatoms. The Balaban J connectivity index is 1.47. The van der Waals surface area contributed by atoms with Crippen molar-refractivity contribution in [3.63, 3.8) is 0 Å². The summed E-state index contributed by atoms with van der Waals surface area (Å²) in [6, 6.07) is 10.7. The van der Waals surface area contributed by atoms with Crippen LogP contribution in [0.5, 0.6) is 0 Å². The van der Waals surface area contributed by atoms with Crippen molar-refractivity contribution in [1.82, 2.24) is 15.1 Å². The summed E-state index contributed by atoms with van der Waals surface area (Å²) in [5.41, 5.74) is 3.88. The van der Waals surface area contributed by atoms with E-state index in [1.165, 1.54) is 68.6 Å². The normalized spacial score (nSPS) is 25.0. The van der Waals surface area contributed by atoms with Crippen molar-refractivity contribution >= 4 is 0 Å². The fourth-order valence-electron chi connectivity index (χ4n) is 4.30. The Morgan fingerprint density at radius 1 is 1.12 bits per heavy atom. The number of aromatic amines is 1. The van der Waals surface area contributed by atoms with Crippen LogP contribution in [0.25, 0.3) is 11.1 Å². The number of rotatable bonds is 4. The van der Waals surface area contributed by atoms with E-state index in [1.807, 2.05) is 6.20 Å². The Hall–Kier alpha value is -1.87. The molecule has 2 aliphatic rings. The van der Waals surface area contributed by atoms with Gasteiger partial charge in [0.2, 0.25) is 0 Å². The molecule has 24 heavy (non-hydrogen) atoms. The lowest BCUT2D eigenvalue weighted by Crippen LogP contribution is -2.38. The summed E-state index contributed by atoms with van der Waals surface area (Å²) in [4.78, 5) is 2.69. The Kier molecular flexibility index (Phi) is 4.79. The van der Waals surface area contributed by atoms with Gasteiger partial charge < -0.3 is 4.90 Å². The van der Waals surface area contributed by atoms with Crippen LogP contribution in [0.15, 0.2) is 48.7 Å². The first-order valence-corrected chi connectivity index (χ1v) is 9.36. The SMILES string of the molecule is C1=CC[C@H](CN2CCC[C@@H](c3[nH]ncc3-c3ccccc3)C2)CC1. The highest BCUT2D eigenvalue weighted by Gasteiger charge is 2.26. The van der Waals surface area contributed by atoms with E-state index in [-0.39, 0.29) is 0 Å². The smallest absolute Gasteiger partial charge is 0.0568 e. The molecule has 0 amide bonds. The van der Waals surface area contributed by atoms with E-state index in [4.69, 9.17) is 0 Å². The van der Waals surface area contributed by atoms with Crippen LogP contribution in [-0.4, -0.2) is 34.7 Å². The number of H-pyrrole nitrogens is 1. The minimum Gasteiger partial charge on any atom is -0.302 e. The lowest BCUT2D eigenvalue weighted by atomic mass is 9.88. The van der Waals surface area contributed by atoms with Gasteiger partial charge in [0.15, 0.2) is 0 Å². The van der Waals surface area contributed by atoms with Crippen molar-refractivity contribution in [2.24, 2.45) is 5.92 Å². The first kappa shape index (κ1) is 15.6. The number of benzene rings is 1. The van der Waals surface area contributed by atoms with Gasteiger partial charge in [-0.15, -0.1) is 0 Å². The number of aromatic nitrogens is 2. The van der Waals surface area contributed by atoms with E-state index in [1.54, 1.807) is 0 Å². The maximum Gasteiger partial charge on any atom is 0.0568 e. The molecular weight excluding hydrogens is 294 g/mol. The molecule has 0 unspecified atom stereocenters. The summed E-state index contributed by atoms with van der Waals surface area (Å²) < 4.78 is 0. The lowest BCUT2D eigenvalue weighted by Gasteiger charge is -2.35. The number of likely N-dealkylation sites (tertiary alicyclic amines) is 1. The van der Waals surface area contributed by atoms with Gasteiger partial charge >= 0.3 is 0 Å². The molecule has 2 heterocycles. The number of hydrogen-bond donors (Lipinski definition) is 1. The summed E-state index contributed by atoms with van der Waals surface area (Å²) in [6.45, 7) is 3.68. The number of piperidine rings is 1. The maximum absolute atomic E-state index is 4.36. The second-order valence-electron chi connectivity index (χ2n) is 7.31. The molecule has 2 aromatic rings. The molecule has 1 aromatic carbocycles. The van der Waals surface area contributed by atoms with Gasteiger partial charge in [0.05, 0.1) is 6.20 Å². The molecule has 1 saturated heterocycles. The third-order valence-electron chi connectivity index (χ3n) is 5.56. The maximum atomic E-state index is 4.36. The predicted molar refractivity (Wildman–Crippen MR) is 98.9 cm³/mol. The summed E-state index contributed by atoms with van der Waals surface area (Å²) in [5.74, 6) is 1.43. The van der Waals surface area contributed by atoms with Crippen LogP contribution in [0, 0.1) is 5.92 Å². The molecule has 126 valence electrons. The highest BCUT2D eigenvalue weighted by atomic mass is 15.2. The highest BCUT2D eigenvalue weighted by molar-refractivity contribution is 5.65. The molecular formula is C21H27N3. The van der Waals surface area contributed by atoms with Crippen molar-refractivity contribution in [3.8, 4) is 11.1 Å². The van der Waals surface area contributed by atoms with Crippen LogP contribution in [-0.2, 0) is 0 Å². The van der Waals surface area contributed by atoms with Gasteiger partial charge in [0.25, 0.3) is 0 Å². The zero-order valence-corrected chi connectivity index (χ0v) is 14.3. The molecule has 0 radical (unpaired) electrons. The monoisotopic (exact) mass is 321 g/mol. The van der Waals surface area contributed by atoms with Crippen molar-refractivity contribution < 1.29 is 0 Å². The fourth-order valence-corrected chi connectivity index (χ4v) is 4.30. The molecule has 1 aromatic heterocycles. The van der Waals surface area contributed by atoms with Gasteiger partial charge in [-0.3, -0.25) is 5.10 Å². The minimum atomic E-state index is 0.579. The first-order valence-electron chi connectivity index (χ1n) is 9.36. The Labute approximate surface area is 144 Å². The van der Waals surface area contributed by atoms with Gasteiger partial charge in [-0.2, -0.15) is 5.10 Å². The Bertz CT molecular complexity index is 673. The van der Waals surface area contributed by atoms with Gasteiger partial charge in [0, 0.05) is 30.3 Å². The minimum absolute atomic E-state index is 0.579. The molecule has 1 aliphatic carbocycles. The van der Waals surface area contributed by atoms with Gasteiger partial charge in [-0.05, 0) is 50.1 Å². The molecule has 0 bridgehead atoms. The van der Waals surface area contributed by atoms with E-state index >= 15 is 0 Å². The molecule has 4 rings (SSSR count). The average molecular weight is 321 g/mol. The first-order chi connectivity index (χ1) is 11.9. The second kappa shape index (κ2) is 7.35. The van der Waals surface area contributed by atoms with Crippen molar-refractivity contribution in [1.29, 1.82) is 0 Å². The quantitative estimate of drug-likeness (QED) is 0.834. The van der Waals surface area contributed by atoms with Crippen LogP contribution in [0.3, 0.4) is 0 Å². The molecule has 1 aliphatic heterocycles. The standard InChI is InChI=1S/C21H27N3/c1-3-8-17(9-4-1)15-24-13-7-12-19(16-24)21-20(14-22-23-21)18-10-5-2-6-11-18/h1-3,5-6,10-11,14,17,19H,4,7-9,12-13,15-16H2,(H,22,23)/t17-,19+/m0/s1. The molecule has 0 spiro atoms. The summed E-state index contributed by atoms with van der Waals surface area (Å²) in [7, 11) is 0. The Morgan fingerprint density at radius 3 is 2.88 bits per heavy atom. The van der Waals surface area contributed by atoms with E-state index in [2.05, 4.69) is 57.6 Å². The summed E-state index contributed by atoms with van der Waals surface area (Å²) in [6.07, 6.45) is 13.2. The number of allylic oxidation sites excluding steroid dienone is 2. The topological polar surface area (TPSA) is 31.9 Å². The highest BCUT2D eigenvalue weighted by Crippen LogP contribution is 2.33. The second-order valence-corrected chi connectivity index (χ2v) is 7.31. The van der Waals surface area contributed by atoms with Crippen LogP contribution < -0.4 is 0 Å². The van der Waals surface area contributed by atoms with Crippen LogP contribution in [0.2, 0.25) is 0 Å². The van der Waals surface area contributed by atoms with Gasteiger partial charge in [-0.25, -0.2) is 0 Å². The average Bonchev–Trinajstić information content (AvgIpc) is 3.13. The van der Waals surface area contributed by atoms with Crippen LogP contribution in [0.1, 0.15) is 43.7 Å². The van der Waals surface area contributed by atoms with E-state index < -0.39 is 0 Å². The van der Waals surface area contributed by atoms with Crippen LogP contribution in [0.4, 0.5) is 0 Å². The largest absolute Gasteiger partial charge is 0.302 e. The lowest BCUT2D eigenvalue weighted by molar-refractivity contribution is 0.173. The fraction of sp³-hybridized carbons (Fsp3) is 0.476. The van der Waals surface area contributed by atoms with E-state index in [9.17, 15) is 0 Å². The van der Waals surface area contributed by atoms with Crippen molar-refractivity contribution in [2.75, 3.05) is 19.6 Å². The zero-order valence-electron chi connectivity index (χ0n) is 14.3. The zero-order chi connectivity index (χ0) is 16.2. The molecule has 2 atom stereocenters. The van der Waals surface area contributed by atoms with E-state index in [0.717, 1.165) is 5.92 Å². The van der Waals surface area contributed by atoms with Crippen LogP contribution >= 0.6 is 0 Å². The predicted octanol–water partition coefficient (Wildman–Crippen LogP) is 4.61. The summed E-state index contributed by atoms with van der Waals surface area (Å²) >= 11 is 0. The number of nitrogens with zero attached hydrogens (tertiary/aromatic N) is 2. The van der Waals surface area contributed by atoms with E-state index in [0.29, 0.717) is 5.92 Å². The number of nitrogens with one attached hydrogen (secondary N) is 1. The number of hydrogen-bond acceptors (Lipinski definition) is 2. The molecule has 1 fully saturated rings. The molecule has 3 nitrogen and oxygen atoms in total. The molecule has 0 saturated carbocycles. The Morgan fingerprint density at radius 2 is 2.04 bits per heavy atom. The third-order valence-corrected chi connectivity index (χ3v) is 5.56.